The number of nitrogens with zero attached hydrogens (tertiary/aromatic N) is 1. The molecule has 5 heteroatoms. The summed E-state index contributed by atoms with van der Waals surface area (Å²) >= 11 is 0. The molecule has 0 aliphatic rings. The minimum Gasteiger partial charge on any atom is -0.366 e. The lowest BCUT2D eigenvalue weighted by Gasteiger charge is -1.85. The van der Waals surface area contributed by atoms with Gasteiger partial charge in [-0.15, -0.1) is 0 Å². The van der Waals surface area contributed by atoms with Crippen LogP contribution in [-0.4, -0.2) is 21.7 Å². The predicted molar refractivity (Wildman–Crippen MR) is 41.3 cm³/mol. The smallest absolute Gasteiger partial charge is 0.241 e. The first-order valence-corrected chi connectivity index (χ1v) is 3.21. The van der Waals surface area contributed by atoms with E-state index in [1.54, 1.807) is 0 Å². The first kappa shape index (κ1) is 8.19. The van der Waals surface area contributed by atoms with Crippen LogP contribution in [0.15, 0.2) is 24.5 Å². The maximum Gasteiger partial charge on any atom is 0.241 e. The number of imidazole rings is 1. The van der Waals surface area contributed by atoms with Crippen molar-refractivity contribution in [2.75, 3.05) is 0 Å². The molecule has 0 aliphatic carbocycles. The van der Waals surface area contributed by atoms with Crippen LogP contribution in [0.25, 0.3) is 0 Å². The van der Waals surface area contributed by atoms with Gasteiger partial charge < -0.3 is 10.7 Å². The molecule has 3 N–H and O–H groups in total. The molecule has 0 spiro atoms. The highest BCUT2D eigenvalue weighted by Crippen LogP contribution is 1.91. The zero-order valence-corrected chi connectivity index (χ0v) is 6.15. The first-order valence-electron chi connectivity index (χ1n) is 3.21. The van der Waals surface area contributed by atoms with Crippen molar-refractivity contribution in [2.24, 2.45) is 5.73 Å². The van der Waals surface area contributed by atoms with Gasteiger partial charge in [0.05, 0.1) is 0 Å². The number of carbonyl (C=O) groups is 2. The third-order valence-corrected chi connectivity index (χ3v) is 1.13. The number of nitrogens with one attached hydrogen (secondary N) is 1. The van der Waals surface area contributed by atoms with Crippen LogP contribution < -0.4 is 5.73 Å². The fourth-order valence-electron chi connectivity index (χ4n) is 0.637. The normalized spacial score (nSPS) is 10.3. The molecule has 1 heterocycles. The van der Waals surface area contributed by atoms with Gasteiger partial charge in [-0.25, -0.2) is 4.98 Å². The van der Waals surface area contributed by atoms with Crippen LogP contribution in [0, 0.1) is 0 Å². The van der Waals surface area contributed by atoms with E-state index in [1.807, 2.05) is 0 Å². The first-order chi connectivity index (χ1) is 5.70. The molecule has 0 fully saturated rings. The van der Waals surface area contributed by atoms with E-state index in [-0.39, 0.29) is 11.6 Å². The van der Waals surface area contributed by atoms with E-state index in [0.717, 1.165) is 12.2 Å². The Balaban J connectivity index is 2.68. The van der Waals surface area contributed by atoms with Crippen molar-refractivity contribution in [1.29, 1.82) is 0 Å². The molecule has 1 amide bonds. The molecule has 1 aromatic heterocycles. The molecule has 0 atom stereocenters. The summed E-state index contributed by atoms with van der Waals surface area (Å²) in [5.74, 6) is -0.846. The summed E-state index contributed by atoms with van der Waals surface area (Å²) in [6.45, 7) is 0. The van der Waals surface area contributed by atoms with E-state index in [4.69, 9.17) is 5.73 Å². The molecule has 12 heavy (non-hydrogen) atoms. The second-order valence-corrected chi connectivity index (χ2v) is 2.04. The van der Waals surface area contributed by atoms with Crippen molar-refractivity contribution in [2.45, 2.75) is 0 Å². The Kier molecular flexibility index (Phi) is 2.37. The van der Waals surface area contributed by atoms with Gasteiger partial charge in [0.15, 0.2) is 5.82 Å². The molecule has 1 aromatic rings. The number of nitrogens with two attached hydrogens (primary N) is 1. The monoisotopic (exact) mass is 165 g/mol. The fourth-order valence-corrected chi connectivity index (χ4v) is 0.637. The summed E-state index contributed by atoms with van der Waals surface area (Å²) in [6, 6.07) is 0. The minimum absolute atomic E-state index is 0.188. The van der Waals surface area contributed by atoms with Crippen molar-refractivity contribution >= 4 is 11.7 Å². The van der Waals surface area contributed by atoms with E-state index in [9.17, 15) is 9.59 Å². The van der Waals surface area contributed by atoms with Gasteiger partial charge in [0.1, 0.15) is 0 Å². The zero-order valence-electron chi connectivity index (χ0n) is 6.15. The highest BCUT2D eigenvalue weighted by molar-refractivity contribution is 6.05. The molecule has 0 aliphatic heterocycles. The zero-order chi connectivity index (χ0) is 8.97. The summed E-state index contributed by atoms with van der Waals surface area (Å²) in [7, 11) is 0. The van der Waals surface area contributed by atoms with Gasteiger partial charge in [0, 0.05) is 18.5 Å². The average molecular weight is 165 g/mol. The van der Waals surface area contributed by atoms with Crippen molar-refractivity contribution in [3.8, 4) is 0 Å². The number of primary amides is 1. The SMILES string of the molecule is NC(=O)C=CC(=O)c1ncc[nH]1. The molecule has 0 unspecified atom stereocenters. The molecule has 62 valence electrons. The number of rotatable bonds is 3. The van der Waals surface area contributed by atoms with Gasteiger partial charge in [0.25, 0.3) is 0 Å². The highest BCUT2D eigenvalue weighted by Gasteiger charge is 2.02. The quantitative estimate of drug-likeness (QED) is 0.473. The van der Waals surface area contributed by atoms with Crippen molar-refractivity contribution in [3.63, 3.8) is 0 Å². The molecule has 0 bridgehead atoms. The van der Waals surface area contributed by atoms with Crippen molar-refractivity contribution in [1.82, 2.24) is 9.97 Å². The van der Waals surface area contributed by atoms with Crippen molar-refractivity contribution < 1.29 is 9.59 Å². The molecule has 5 nitrogen and oxygen atoms in total. The number of hydrogen-bond donors (Lipinski definition) is 2. The van der Waals surface area contributed by atoms with Crippen molar-refractivity contribution in [3.05, 3.63) is 30.4 Å². The standard InChI is InChI=1S/C7H7N3O2/c8-6(12)2-1-5(11)7-9-3-4-10-7/h1-4H,(H2,8,12)(H,9,10). The number of allylic oxidation sites excluding steroid dienone is 1. The van der Waals surface area contributed by atoms with Crippen LogP contribution in [-0.2, 0) is 4.79 Å². The number of hydrogen-bond acceptors (Lipinski definition) is 3. The van der Waals surface area contributed by atoms with Crippen LogP contribution in [0.3, 0.4) is 0 Å². The molecular formula is C7H7N3O2. The summed E-state index contributed by atoms with van der Waals surface area (Å²) in [4.78, 5) is 27.5. The second-order valence-electron chi connectivity index (χ2n) is 2.04. The number of aromatic amines is 1. The largest absolute Gasteiger partial charge is 0.366 e. The Hall–Kier alpha value is -1.91. The molecule has 0 aromatic carbocycles. The molecular weight excluding hydrogens is 158 g/mol. The number of H-pyrrole nitrogens is 1. The number of aromatic nitrogens is 2. The van der Waals surface area contributed by atoms with Crippen LogP contribution in [0.5, 0.6) is 0 Å². The summed E-state index contributed by atoms with van der Waals surface area (Å²) in [5.41, 5.74) is 4.79. The maximum atomic E-state index is 11.0. The van der Waals surface area contributed by atoms with Crippen LogP contribution >= 0.6 is 0 Å². The van der Waals surface area contributed by atoms with Gasteiger partial charge in [-0.3, -0.25) is 9.59 Å². The highest BCUT2D eigenvalue weighted by atomic mass is 16.1. The van der Waals surface area contributed by atoms with E-state index in [2.05, 4.69) is 9.97 Å². The second kappa shape index (κ2) is 3.47. The Morgan fingerprint density at radius 1 is 1.50 bits per heavy atom. The lowest BCUT2D eigenvalue weighted by molar-refractivity contribution is -0.113. The van der Waals surface area contributed by atoms with Crippen LogP contribution in [0.4, 0.5) is 0 Å². The van der Waals surface area contributed by atoms with Gasteiger partial charge >= 0.3 is 0 Å². The third kappa shape index (κ3) is 2.05. The van der Waals surface area contributed by atoms with Gasteiger partial charge in [-0.2, -0.15) is 0 Å². The van der Waals surface area contributed by atoms with E-state index < -0.39 is 5.91 Å². The molecule has 0 saturated carbocycles. The summed E-state index contributed by atoms with van der Waals surface area (Å²) in [5, 5.41) is 0. The molecule has 0 saturated heterocycles. The van der Waals surface area contributed by atoms with E-state index in [1.165, 1.54) is 12.4 Å². The Bertz CT molecular complexity index is 313. The average Bonchev–Trinajstić information content (AvgIpc) is 2.51. The van der Waals surface area contributed by atoms with Gasteiger partial charge in [-0.1, -0.05) is 0 Å². The Morgan fingerprint density at radius 3 is 2.75 bits per heavy atom. The van der Waals surface area contributed by atoms with Gasteiger partial charge in [0.2, 0.25) is 11.7 Å². The number of amides is 1. The number of carbonyl (C=O) groups excluding carboxylic acids is 2. The number of ketones is 1. The predicted octanol–water partition coefficient (Wildman–Crippen LogP) is -0.366. The van der Waals surface area contributed by atoms with E-state index >= 15 is 0 Å². The lowest BCUT2D eigenvalue weighted by Crippen LogP contribution is -2.07. The topological polar surface area (TPSA) is 88.8 Å². The van der Waals surface area contributed by atoms with Crippen LogP contribution in [0.2, 0.25) is 0 Å². The minimum atomic E-state index is -0.657. The molecule has 0 radical (unpaired) electrons. The van der Waals surface area contributed by atoms with Gasteiger partial charge in [-0.05, 0) is 6.08 Å². The Morgan fingerprint density at radius 2 is 2.25 bits per heavy atom. The Labute approximate surface area is 68.3 Å². The maximum absolute atomic E-state index is 11.0. The van der Waals surface area contributed by atoms with E-state index in [0.29, 0.717) is 0 Å². The molecule has 1 rings (SSSR count). The summed E-state index contributed by atoms with van der Waals surface area (Å²) < 4.78 is 0. The van der Waals surface area contributed by atoms with Crippen LogP contribution in [0.1, 0.15) is 10.6 Å². The fraction of sp³-hybridized carbons (Fsp3) is 0. The summed E-state index contributed by atoms with van der Waals surface area (Å²) in [6.07, 6.45) is 5.03. The third-order valence-electron chi connectivity index (χ3n) is 1.13. The lowest BCUT2D eigenvalue weighted by atomic mass is 10.3.